The first-order valence-corrected chi connectivity index (χ1v) is 8.72. The Balaban J connectivity index is 1.42. The summed E-state index contributed by atoms with van der Waals surface area (Å²) in [5.74, 6) is 0.462. The summed E-state index contributed by atoms with van der Waals surface area (Å²) in [6.07, 6.45) is 6.71. The third-order valence-electron chi connectivity index (χ3n) is 5.73. The lowest BCUT2D eigenvalue weighted by Crippen LogP contribution is -2.40. The molecule has 2 heterocycles. The number of amides is 2. The van der Waals surface area contributed by atoms with Crippen molar-refractivity contribution in [3.05, 3.63) is 39.3 Å². The molecule has 1 aromatic rings. The van der Waals surface area contributed by atoms with E-state index in [-0.39, 0.29) is 40.5 Å². The molecule has 6 unspecified atom stereocenters. The van der Waals surface area contributed by atoms with E-state index < -0.39 is 4.92 Å². The minimum Gasteiger partial charge on any atom is -0.272 e. The normalized spacial score (nSPS) is 38.8. The fourth-order valence-electron chi connectivity index (χ4n) is 4.68. The molecule has 5 aliphatic rings. The topological polar surface area (TPSA) is 92.9 Å². The number of carbonyl (C=O) groups excluding carboxylic acids is 2. The third-order valence-corrected chi connectivity index (χ3v) is 6.70. The summed E-state index contributed by atoms with van der Waals surface area (Å²) in [6, 6.07) is 2.95. The molecule has 8 heteroatoms. The molecular formula is C16H13N3O4S. The lowest BCUT2D eigenvalue weighted by Gasteiger charge is -2.37. The minimum atomic E-state index is -0.474. The second-order valence-corrected chi connectivity index (χ2v) is 7.91. The van der Waals surface area contributed by atoms with Gasteiger partial charge in [-0.25, -0.2) is 0 Å². The predicted molar refractivity (Wildman–Crippen MR) is 85.1 cm³/mol. The zero-order valence-electron chi connectivity index (χ0n) is 12.4. The molecule has 0 aromatic carbocycles. The second kappa shape index (κ2) is 4.60. The molecule has 2 saturated carbocycles. The Bertz CT molecular complexity index is 808. The summed E-state index contributed by atoms with van der Waals surface area (Å²) in [5.41, 5.74) is 0. The average molecular weight is 343 g/mol. The largest absolute Gasteiger partial charge is 0.324 e. The third kappa shape index (κ3) is 1.74. The molecule has 2 bridgehead atoms. The Labute approximate surface area is 140 Å². The Morgan fingerprint density at radius 2 is 1.79 bits per heavy atom. The van der Waals surface area contributed by atoms with Crippen molar-refractivity contribution in [3.63, 3.8) is 0 Å². The standard InChI is InChI=1S/C16H13N3O4S/c20-15-13-8-2-3-9(11-5-10(8)11)14(13)16(21)18(15)17-6-7-1-4-12(24-7)19(22)23/h1-4,6,8-11,13-14H,5H2. The van der Waals surface area contributed by atoms with Gasteiger partial charge in [0.05, 0.1) is 27.9 Å². The van der Waals surface area contributed by atoms with Crippen molar-refractivity contribution in [2.45, 2.75) is 6.42 Å². The first kappa shape index (κ1) is 14.0. The molecule has 1 aromatic heterocycles. The van der Waals surface area contributed by atoms with E-state index in [0.29, 0.717) is 16.7 Å². The van der Waals surface area contributed by atoms with Crippen LogP contribution in [0.5, 0.6) is 0 Å². The van der Waals surface area contributed by atoms with E-state index in [1.165, 1.54) is 12.3 Å². The van der Waals surface area contributed by atoms with Crippen molar-refractivity contribution in [2.75, 3.05) is 0 Å². The lowest BCUT2D eigenvalue weighted by atomic mass is 9.63. The number of hydrogen-bond donors (Lipinski definition) is 0. The van der Waals surface area contributed by atoms with Crippen molar-refractivity contribution in [1.29, 1.82) is 0 Å². The summed E-state index contributed by atoms with van der Waals surface area (Å²) < 4.78 is 0. The molecular weight excluding hydrogens is 330 g/mol. The van der Waals surface area contributed by atoms with Crippen LogP contribution in [0.15, 0.2) is 29.4 Å². The van der Waals surface area contributed by atoms with E-state index in [1.807, 2.05) is 0 Å². The van der Waals surface area contributed by atoms with E-state index in [0.717, 1.165) is 22.8 Å². The molecule has 0 radical (unpaired) electrons. The van der Waals surface area contributed by atoms with Gasteiger partial charge in [-0.05, 0) is 36.2 Å². The summed E-state index contributed by atoms with van der Waals surface area (Å²) in [4.78, 5) is 36.2. The molecule has 0 N–H and O–H groups in total. The first-order chi connectivity index (χ1) is 11.6. The monoisotopic (exact) mass is 343 g/mol. The lowest BCUT2D eigenvalue weighted by molar-refractivity contribution is -0.380. The number of carbonyl (C=O) groups is 2. The number of nitrogens with zero attached hydrogens (tertiary/aromatic N) is 3. The van der Waals surface area contributed by atoms with E-state index in [9.17, 15) is 19.7 Å². The fourth-order valence-corrected chi connectivity index (χ4v) is 5.37. The molecule has 1 aliphatic heterocycles. The van der Waals surface area contributed by atoms with Crippen molar-refractivity contribution in [1.82, 2.24) is 5.01 Å². The molecule has 4 aliphatic carbocycles. The zero-order chi connectivity index (χ0) is 16.6. The fraction of sp³-hybridized carbons (Fsp3) is 0.438. The van der Waals surface area contributed by atoms with Crippen LogP contribution >= 0.6 is 11.3 Å². The smallest absolute Gasteiger partial charge is 0.272 e. The van der Waals surface area contributed by atoms with Gasteiger partial charge in [0, 0.05) is 6.07 Å². The van der Waals surface area contributed by atoms with Gasteiger partial charge in [-0.1, -0.05) is 23.5 Å². The minimum absolute atomic E-state index is 0.00604. The highest BCUT2D eigenvalue weighted by Gasteiger charge is 2.67. The SMILES string of the molecule is O=C1C2C3C=CC(C4CC34)C2C(=O)N1N=Cc1ccc([N+](=O)[O-])s1. The van der Waals surface area contributed by atoms with Crippen LogP contribution in [0.1, 0.15) is 11.3 Å². The van der Waals surface area contributed by atoms with Crippen LogP contribution in [0.2, 0.25) is 0 Å². The Morgan fingerprint density at radius 1 is 1.17 bits per heavy atom. The van der Waals surface area contributed by atoms with E-state index in [4.69, 9.17) is 0 Å². The first-order valence-electron chi connectivity index (χ1n) is 7.90. The van der Waals surface area contributed by atoms with Crippen molar-refractivity contribution >= 4 is 34.4 Å². The van der Waals surface area contributed by atoms with E-state index >= 15 is 0 Å². The number of hydrogen-bond acceptors (Lipinski definition) is 6. The Morgan fingerprint density at radius 3 is 2.33 bits per heavy atom. The summed E-state index contributed by atoms with van der Waals surface area (Å²) in [5, 5.41) is 15.8. The molecule has 122 valence electrons. The van der Waals surface area contributed by atoms with Gasteiger partial charge >= 0.3 is 5.00 Å². The van der Waals surface area contributed by atoms with Gasteiger partial charge in [0.25, 0.3) is 11.8 Å². The Kier molecular flexibility index (Phi) is 2.69. The van der Waals surface area contributed by atoms with Crippen molar-refractivity contribution in [3.8, 4) is 0 Å². The molecule has 6 atom stereocenters. The predicted octanol–water partition coefficient (Wildman–Crippen LogP) is 2.04. The van der Waals surface area contributed by atoms with Gasteiger partial charge < -0.3 is 0 Å². The van der Waals surface area contributed by atoms with Crippen molar-refractivity contribution in [2.24, 2.45) is 40.6 Å². The highest BCUT2D eigenvalue weighted by Crippen LogP contribution is 2.65. The summed E-state index contributed by atoms with van der Waals surface area (Å²) in [7, 11) is 0. The van der Waals surface area contributed by atoms with Crippen molar-refractivity contribution < 1.29 is 14.5 Å². The maximum Gasteiger partial charge on any atom is 0.324 e. The Hall–Kier alpha value is -2.35. The van der Waals surface area contributed by atoms with Crippen LogP contribution in [0, 0.1) is 45.6 Å². The van der Waals surface area contributed by atoms with Gasteiger partial charge in [-0.2, -0.15) is 10.1 Å². The van der Waals surface area contributed by atoms with Crippen LogP contribution in [0.3, 0.4) is 0 Å². The molecule has 0 spiro atoms. The highest BCUT2D eigenvalue weighted by molar-refractivity contribution is 7.16. The number of nitro groups is 1. The number of allylic oxidation sites excluding steroid dienone is 2. The zero-order valence-corrected chi connectivity index (χ0v) is 13.3. The van der Waals surface area contributed by atoms with Crippen LogP contribution in [0.4, 0.5) is 5.00 Å². The molecule has 3 fully saturated rings. The molecule has 2 amide bonds. The van der Waals surface area contributed by atoms with Gasteiger partial charge in [0.1, 0.15) is 0 Å². The number of imide groups is 1. The molecule has 1 saturated heterocycles. The van der Waals surface area contributed by atoms with Crippen LogP contribution in [-0.2, 0) is 9.59 Å². The summed E-state index contributed by atoms with van der Waals surface area (Å²) >= 11 is 0.963. The van der Waals surface area contributed by atoms with Gasteiger partial charge in [-0.3, -0.25) is 19.7 Å². The maximum atomic E-state index is 12.7. The van der Waals surface area contributed by atoms with Crippen LogP contribution < -0.4 is 0 Å². The maximum absolute atomic E-state index is 12.7. The molecule has 7 nitrogen and oxygen atoms in total. The molecule has 6 rings (SSSR count). The molecule has 24 heavy (non-hydrogen) atoms. The number of thiophene rings is 1. The van der Waals surface area contributed by atoms with Gasteiger partial charge in [-0.15, -0.1) is 0 Å². The summed E-state index contributed by atoms with van der Waals surface area (Å²) in [6.45, 7) is 0. The van der Waals surface area contributed by atoms with E-state index in [2.05, 4.69) is 17.3 Å². The van der Waals surface area contributed by atoms with Gasteiger partial charge in [0.15, 0.2) is 0 Å². The van der Waals surface area contributed by atoms with E-state index in [1.54, 1.807) is 6.07 Å². The quantitative estimate of drug-likeness (QED) is 0.276. The average Bonchev–Trinajstić information content (AvgIpc) is 3.20. The van der Waals surface area contributed by atoms with Crippen LogP contribution in [-0.4, -0.2) is 28.0 Å². The second-order valence-electron chi connectivity index (χ2n) is 6.82. The van der Waals surface area contributed by atoms with Crippen LogP contribution in [0.25, 0.3) is 0 Å². The highest BCUT2D eigenvalue weighted by atomic mass is 32.1. The number of hydrazone groups is 1. The van der Waals surface area contributed by atoms with Gasteiger partial charge in [0.2, 0.25) is 0 Å². The number of rotatable bonds is 3.